The van der Waals surface area contributed by atoms with Gasteiger partial charge in [-0.3, -0.25) is 4.57 Å². The second-order valence-electron chi connectivity index (χ2n) is 14.4. The van der Waals surface area contributed by atoms with Crippen LogP contribution in [-0.2, 0) is 5.41 Å². The van der Waals surface area contributed by atoms with E-state index in [1.54, 1.807) is 0 Å². The Kier molecular flexibility index (Phi) is 7.40. The molecule has 2 nitrogen and oxygen atoms in total. The molecular formula is C49H38N2. The summed E-state index contributed by atoms with van der Waals surface area (Å²) in [5.41, 5.74) is 12.9. The van der Waals surface area contributed by atoms with Crippen LogP contribution in [0.2, 0.25) is 0 Å². The summed E-state index contributed by atoms with van der Waals surface area (Å²) < 4.78 is 2.32. The second kappa shape index (κ2) is 12.3. The van der Waals surface area contributed by atoms with E-state index in [9.17, 15) is 0 Å². The summed E-state index contributed by atoms with van der Waals surface area (Å²) in [6.45, 7) is 6.70. The van der Waals surface area contributed by atoms with Gasteiger partial charge in [0.2, 0.25) is 0 Å². The first-order chi connectivity index (χ1) is 24.9. The first-order valence-corrected chi connectivity index (χ1v) is 17.7. The Morgan fingerprint density at radius 3 is 1.47 bits per heavy atom. The predicted molar refractivity (Wildman–Crippen MR) is 217 cm³/mol. The Labute approximate surface area is 299 Å². The molecule has 244 valence electrons. The lowest BCUT2D eigenvalue weighted by atomic mass is 9.84. The number of para-hydroxylation sites is 2. The highest BCUT2D eigenvalue weighted by Gasteiger charge is 2.24. The van der Waals surface area contributed by atoms with E-state index in [4.69, 9.17) is 4.98 Å². The van der Waals surface area contributed by atoms with Gasteiger partial charge in [0.05, 0.1) is 11.0 Å². The Balaban J connectivity index is 1.27. The van der Waals surface area contributed by atoms with Gasteiger partial charge >= 0.3 is 0 Å². The van der Waals surface area contributed by atoms with Gasteiger partial charge in [0, 0.05) is 11.1 Å². The van der Waals surface area contributed by atoms with Crippen LogP contribution in [0.4, 0.5) is 0 Å². The largest absolute Gasteiger partial charge is 0.296 e. The van der Waals surface area contributed by atoms with Crippen LogP contribution >= 0.6 is 0 Å². The highest BCUT2D eigenvalue weighted by atomic mass is 15.1. The van der Waals surface area contributed by atoms with E-state index in [0.717, 1.165) is 22.5 Å². The Hall–Kier alpha value is -6.25. The second-order valence-corrected chi connectivity index (χ2v) is 14.4. The number of fused-ring (bicyclic) bond motifs is 3. The molecule has 0 aliphatic rings. The molecule has 0 unspecified atom stereocenters. The zero-order valence-corrected chi connectivity index (χ0v) is 29.1. The van der Waals surface area contributed by atoms with Gasteiger partial charge in [0.25, 0.3) is 0 Å². The van der Waals surface area contributed by atoms with Gasteiger partial charge in [-0.15, -0.1) is 0 Å². The van der Waals surface area contributed by atoms with Gasteiger partial charge in [0.15, 0.2) is 0 Å². The molecule has 1 heterocycles. The summed E-state index contributed by atoms with van der Waals surface area (Å²) in [5, 5.41) is 4.98. The molecule has 0 N–H and O–H groups in total. The molecule has 0 saturated carbocycles. The van der Waals surface area contributed by atoms with Crippen LogP contribution in [-0.4, -0.2) is 9.55 Å². The highest BCUT2D eigenvalue weighted by molar-refractivity contribution is 6.22. The molecule has 0 radical (unpaired) electrons. The average molecular weight is 655 g/mol. The summed E-state index contributed by atoms with van der Waals surface area (Å²) >= 11 is 0. The van der Waals surface area contributed by atoms with Crippen molar-refractivity contribution in [2.45, 2.75) is 26.2 Å². The van der Waals surface area contributed by atoms with Crippen LogP contribution in [0.15, 0.2) is 176 Å². The zero-order chi connectivity index (χ0) is 34.5. The lowest BCUT2D eigenvalue weighted by Crippen LogP contribution is -2.18. The van der Waals surface area contributed by atoms with Crippen molar-refractivity contribution < 1.29 is 0 Å². The van der Waals surface area contributed by atoms with Crippen LogP contribution in [0.5, 0.6) is 0 Å². The van der Waals surface area contributed by atoms with E-state index in [0.29, 0.717) is 0 Å². The van der Waals surface area contributed by atoms with Crippen molar-refractivity contribution in [2.24, 2.45) is 0 Å². The van der Waals surface area contributed by atoms with Crippen LogP contribution in [0.1, 0.15) is 26.6 Å². The minimum absolute atomic E-state index is 0.115. The van der Waals surface area contributed by atoms with Crippen molar-refractivity contribution in [1.82, 2.24) is 9.55 Å². The number of aromatic nitrogens is 2. The molecule has 0 aliphatic heterocycles. The predicted octanol–water partition coefficient (Wildman–Crippen LogP) is 13.3. The summed E-state index contributed by atoms with van der Waals surface area (Å²) in [5.74, 6) is 1.06. The lowest BCUT2D eigenvalue weighted by Gasteiger charge is -2.21. The molecule has 0 aliphatic carbocycles. The third-order valence-electron chi connectivity index (χ3n) is 10.1. The Morgan fingerprint density at radius 2 is 0.843 bits per heavy atom. The van der Waals surface area contributed by atoms with Crippen molar-refractivity contribution in [3.63, 3.8) is 0 Å². The van der Waals surface area contributed by atoms with E-state index in [-0.39, 0.29) is 5.41 Å². The minimum atomic E-state index is -0.115. The molecule has 2 heteroatoms. The van der Waals surface area contributed by atoms with Crippen LogP contribution in [0.25, 0.3) is 82.8 Å². The van der Waals surface area contributed by atoms with Crippen LogP contribution in [0, 0.1) is 0 Å². The number of hydrogen-bond donors (Lipinski definition) is 0. The van der Waals surface area contributed by atoms with Gasteiger partial charge < -0.3 is 0 Å². The molecule has 0 spiro atoms. The van der Waals surface area contributed by atoms with E-state index in [1.165, 1.54) is 66.1 Å². The van der Waals surface area contributed by atoms with Gasteiger partial charge in [-0.05, 0) is 96.4 Å². The molecule has 9 aromatic rings. The number of imidazole rings is 1. The van der Waals surface area contributed by atoms with Crippen LogP contribution < -0.4 is 0 Å². The fourth-order valence-electron chi connectivity index (χ4n) is 7.64. The van der Waals surface area contributed by atoms with Gasteiger partial charge in [0.1, 0.15) is 5.82 Å². The van der Waals surface area contributed by atoms with Crippen molar-refractivity contribution in [2.75, 3.05) is 0 Å². The number of benzene rings is 8. The third kappa shape index (κ3) is 5.41. The molecule has 9 rings (SSSR count). The molecule has 0 saturated heterocycles. The molecule has 0 fully saturated rings. The first-order valence-electron chi connectivity index (χ1n) is 17.7. The average Bonchev–Trinajstić information content (AvgIpc) is 3.58. The number of rotatable bonds is 5. The van der Waals surface area contributed by atoms with Crippen LogP contribution in [0.3, 0.4) is 0 Å². The SMILES string of the molecule is CC(C)(C)c1nc2ccccc2n1-c1ccc(-c2c3ccccc3c(-c3ccc(-c4ccccc4)cc3)c3cc(-c4ccccc4)ccc23)cc1. The van der Waals surface area contributed by atoms with Crippen molar-refractivity contribution in [3.05, 3.63) is 182 Å². The smallest absolute Gasteiger partial charge is 0.119 e. The van der Waals surface area contributed by atoms with Crippen molar-refractivity contribution in [1.29, 1.82) is 0 Å². The number of nitrogens with zero attached hydrogens (tertiary/aromatic N) is 2. The summed E-state index contributed by atoms with van der Waals surface area (Å²) in [4.78, 5) is 5.08. The molecule has 51 heavy (non-hydrogen) atoms. The highest BCUT2D eigenvalue weighted by Crippen LogP contribution is 2.45. The molecular weight excluding hydrogens is 617 g/mol. The molecule has 8 aromatic carbocycles. The van der Waals surface area contributed by atoms with Gasteiger partial charge in [-0.25, -0.2) is 4.98 Å². The van der Waals surface area contributed by atoms with E-state index < -0.39 is 0 Å². The summed E-state index contributed by atoms with van der Waals surface area (Å²) in [6, 6.07) is 63.8. The van der Waals surface area contributed by atoms with E-state index >= 15 is 0 Å². The maximum atomic E-state index is 5.08. The molecule has 0 atom stereocenters. The topological polar surface area (TPSA) is 17.8 Å². The molecule has 0 amide bonds. The number of hydrogen-bond acceptors (Lipinski definition) is 1. The zero-order valence-electron chi connectivity index (χ0n) is 29.1. The minimum Gasteiger partial charge on any atom is -0.296 e. The van der Waals surface area contributed by atoms with Gasteiger partial charge in [-0.2, -0.15) is 0 Å². The van der Waals surface area contributed by atoms with Gasteiger partial charge in [-0.1, -0.05) is 166 Å². The van der Waals surface area contributed by atoms with Crippen molar-refractivity contribution in [3.8, 4) is 50.2 Å². The fraction of sp³-hybridized carbons (Fsp3) is 0.0816. The Morgan fingerprint density at radius 1 is 0.392 bits per heavy atom. The monoisotopic (exact) mass is 654 g/mol. The summed E-state index contributed by atoms with van der Waals surface area (Å²) in [7, 11) is 0. The normalized spacial score (nSPS) is 11.8. The molecule has 0 bridgehead atoms. The van der Waals surface area contributed by atoms with E-state index in [2.05, 4.69) is 201 Å². The third-order valence-corrected chi connectivity index (χ3v) is 10.1. The Bertz CT molecular complexity index is 2680. The summed E-state index contributed by atoms with van der Waals surface area (Å²) in [6.07, 6.45) is 0. The lowest BCUT2D eigenvalue weighted by molar-refractivity contribution is 0.539. The molecule has 1 aromatic heterocycles. The first kappa shape index (κ1) is 30.8. The van der Waals surface area contributed by atoms with E-state index in [1.807, 2.05) is 0 Å². The maximum Gasteiger partial charge on any atom is 0.119 e. The standard InChI is InChI=1S/C49H38N2/c1-49(2,3)48-50-44-20-12-13-21-45(44)51(48)39-29-26-37(27-30-39)46-40-18-10-11-19-41(40)47(36-24-22-35(23-25-36)33-14-6-4-7-15-33)43-32-38(28-31-42(43)46)34-16-8-5-9-17-34/h4-32H,1-3H3. The quantitative estimate of drug-likeness (QED) is 0.169. The maximum absolute atomic E-state index is 5.08. The van der Waals surface area contributed by atoms with Crippen molar-refractivity contribution >= 4 is 32.6 Å². The fourth-order valence-corrected chi connectivity index (χ4v) is 7.64.